The minimum Gasteiger partial charge on any atom is -0.383 e. The van der Waals surface area contributed by atoms with E-state index in [1.54, 1.807) is 30.3 Å². The number of aromatic nitrogens is 1. The molecule has 3 rings (SSSR count). The second-order valence-corrected chi connectivity index (χ2v) is 7.59. The summed E-state index contributed by atoms with van der Waals surface area (Å²) in [5, 5.41) is 6.75. The molecule has 3 amide bonds. The highest BCUT2D eigenvalue weighted by Gasteiger charge is 2.21. The standard InChI is InChI=1S/C20H17Cl3N4O4/c1-31-7-6-24-19(29)20(30)26-27-16-5-2-12(21)8-11(16)9-17(27)18(28)25-13-3-4-14(22)15(23)10-13/h2-5,8-10H,6-7H2,1H3,(H,24,29)(H,25,28)(H,26,30). The summed E-state index contributed by atoms with van der Waals surface area (Å²) in [5.74, 6) is -2.37. The largest absolute Gasteiger partial charge is 0.383 e. The fourth-order valence-corrected chi connectivity index (χ4v) is 3.22. The summed E-state index contributed by atoms with van der Waals surface area (Å²) in [7, 11) is 1.47. The first-order valence-electron chi connectivity index (χ1n) is 8.95. The molecule has 31 heavy (non-hydrogen) atoms. The Kier molecular flexibility index (Phi) is 7.40. The van der Waals surface area contributed by atoms with Crippen LogP contribution in [0.25, 0.3) is 10.9 Å². The Bertz CT molecular complexity index is 1160. The van der Waals surface area contributed by atoms with Gasteiger partial charge in [0.15, 0.2) is 0 Å². The molecule has 0 saturated heterocycles. The molecule has 2 aromatic carbocycles. The molecule has 11 heteroatoms. The Balaban J connectivity index is 1.91. The highest BCUT2D eigenvalue weighted by molar-refractivity contribution is 6.42. The van der Waals surface area contributed by atoms with Crippen LogP contribution in [-0.4, -0.2) is 42.7 Å². The van der Waals surface area contributed by atoms with E-state index in [0.717, 1.165) is 0 Å². The first-order valence-corrected chi connectivity index (χ1v) is 10.1. The van der Waals surface area contributed by atoms with Crippen molar-refractivity contribution in [2.75, 3.05) is 31.0 Å². The van der Waals surface area contributed by atoms with Crippen molar-refractivity contribution in [3.63, 3.8) is 0 Å². The normalized spacial score (nSPS) is 10.7. The van der Waals surface area contributed by atoms with Crippen molar-refractivity contribution >= 4 is 69.1 Å². The zero-order valence-corrected chi connectivity index (χ0v) is 18.4. The lowest BCUT2D eigenvalue weighted by Crippen LogP contribution is -2.40. The highest BCUT2D eigenvalue weighted by atomic mass is 35.5. The Hall–Kier alpha value is -2.78. The molecule has 0 aliphatic rings. The van der Waals surface area contributed by atoms with Gasteiger partial charge in [0.25, 0.3) is 5.91 Å². The van der Waals surface area contributed by atoms with Crippen LogP contribution in [0.1, 0.15) is 10.5 Å². The second-order valence-electron chi connectivity index (χ2n) is 6.34. The van der Waals surface area contributed by atoms with E-state index in [4.69, 9.17) is 39.5 Å². The lowest BCUT2D eigenvalue weighted by Gasteiger charge is -2.13. The molecule has 0 fully saturated rings. The Morgan fingerprint density at radius 3 is 2.45 bits per heavy atom. The van der Waals surface area contributed by atoms with Gasteiger partial charge in [-0.05, 0) is 42.5 Å². The SMILES string of the molecule is COCCNC(=O)C(=O)Nn1c(C(=O)Nc2ccc(Cl)c(Cl)c2)cc2cc(Cl)ccc21. The van der Waals surface area contributed by atoms with Crippen molar-refractivity contribution in [1.29, 1.82) is 0 Å². The fourth-order valence-electron chi connectivity index (χ4n) is 2.74. The van der Waals surface area contributed by atoms with E-state index in [1.165, 1.54) is 23.9 Å². The van der Waals surface area contributed by atoms with Gasteiger partial charge in [-0.15, -0.1) is 0 Å². The van der Waals surface area contributed by atoms with Crippen molar-refractivity contribution in [1.82, 2.24) is 9.99 Å². The maximum absolute atomic E-state index is 12.9. The van der Waals surface area contributed by atoms with Crippen LogP contribution in [0.2, 0.25) is 15.1 Å². The van der Waals surface area contributed by atoms with Crippen LogP contribution in [0.5, 0.6) is 0 Å². The van der Waals surface area contributed by atoms with E-state index >= 15 is 0 Å². The maximum Gasteiger partial charge on any atom is 0.328 e. The molecule has 0 saturated carbocycles. The predicted molar refractivity (Wildman–Crippen MR) is 121 cm³/mol. The van der Waals surface area contributed by atoms with Gasteiger partial charge in [-0.1, -0.05) is 34.8 Å². The summed E-state index contributed by atoms with van der Waals surface area (Å²) in [6, 6.07) is 11.0. The third kappa shape index (κ3) is 5.48. The number of hydrogen-bond acceptors (Lipinski definition) is 4. The van der Waals surface area contributed by atoms with Gasteiger partial charge in [0.1, 0.15) is 5.69 Å². The zero-order valence-electron chi connectivity index (χ0n) is 16.2. The summed E-state index contributed by atoms with van der Waals surface area (Å²) in [4.78, 5) is 37.3. The van der Waals surface area contributed by atoms with Gasteiger partial charge in [-0.25, -0.2) is 4.68 Å². The summed E-state index contributed by atoms with van der Waals surface area (Å²) in [5.41, 5.74) is 3.39. The molecule has 0 atom stereocenters. The van der Waals surface area contributed by atoms with E-state index in [0.29, 0.717) is 26.6 Å². The molecule has 0 aliphatic heterocycles. The molecule has 1 heterocycles. The Morgan fingerprint density at radius 2 is 1.74 bits per heavy atom. The summed E-state index contributed by atoms with van der Waals surface area (Å²) in [6.45, 7) is 0.413. The summed E-state index contributed by atoms with van der Waals surface area (Å²) >= 11 is 18.0. The van der Waals surface area contributed by atoms with Crippen LogP contribution in [0, 0.1) is 0 Å². The van der Waals surface area contributed by atoms with Gasteiger partial charge in [0.2, 0.25) is 0 Å². The van der Waals surface area contributed by atoms with Crippen LogP contribution >= 0.6 is 34.8 Å². The number of fused-ring (bicyclic) bond motifs is 1. The number of anilines is 1. The van der Waals surface area contributed by atoms with Crippen molar-refractivity contribution in [3.05, 3.63) is 63.2 Å². The molecule has 0 radical (unpaired) electrons. The third-order valence-electron chi connectivity index (χ3n) is 4.19. The number of amides is 3. The quantitative estimate of drug-likeness (QED) is 0.368. The lowest BCUT2D eigenvalue weighted by atomic mass is 10.2. The molecular weight excluding hydrogens is 467 g/mol. The number of benzene rings is 2. The number of nitrogens with zero attached hydrogens (tertiary/aromatic N) is 1. The van der Waals surface area contributed by atoms with Gasteiger partial charge >= 0.3 is 11.8 Å². The van der Waals surface area contributed by atoms with E-state index in [2.05, 4.69) is 16.1 Å². The number of methoxy groups -OCH3 is 1. The van der Waals surface area contributed by atoms with Crippen molar-refractivity contribution < 1.29 is 19.1 Å². The first-order chi connectivity index (χ1) is 14.8. The maximum atomic E-state index is 12.9. The molecule has 0 bridgehead atoms. The zero-order chi connectivity index (χ0) is 22.5. The van der Waals surface area contributed by atoms with Gasteiger partial charge in [0.05, 0.1) is 22.2 Å². The molecule has 0 spiro atoms. The van der Waals surface area contributed by atoms with Crippen LogP contribution in [-0.2, 0) is 14.3 Å². The van der Waals surface area contributed by atoms with Crippen molar-refractivity contribution in [2.24, 2.45) is 0 Å². The van der Waals surface area contributed by atoms with Crippen molar-refractivity contribution in [2.45, 2.75) is 0 Å². The summed E-state index contributed by atoms with van der Waals surface area (Å²) in [6.07, 6.45) is 0. The molecule has 0 aliphatic carbocycles. The van der Waals surface area contributed by atoms with Gasteiger partial charge in [0, 0.05) is 29.8 Å². The number of ether oxygens (including phenoxy) is 1. The lowest BCUT2D eigenvalue weighted by molar-refractivity contribution is -0.136. The minimum atomic E-state index is -0.952. The summed E-state index contributed by atoms with van der Waals surface area (Å²) < 4.78 is 6.05. The van der Waals surface area contributed by atoms with Gasteiger partial charge < -0.3 is 15.4 Å². The number of rotatable bonds is 6. The van der Waals surface area contributed by atoms with Crippen LogP contribution in [0.3, 0.4) is 0 Å². The molecular formula is C20H17Cl3N4O4. The van der Waals surface area contributed by atoms with Crippen LogP contribution in [0.4, 0.5) is 5.69 Å². The number of hydrogen-bond donors (Lipinski definition) is 3. The minimum absolute atomic E-state index is 0.0707. The van der Waals surface area contributed by atoms with Crippen LogP contribution in [0.15, 0.2) is 42.5 Å². The molecule has 1 aromatic heterocycles. The molecule has 0 unspecified atom stereocenters. The smallest absolute Gasteiger partial charge is 0.328 e. The Labute approximate surface area is 192 Å². The number of carbonyl (C=O) groups is 3. The van der Waals surface area contributed by atoms with E-state index in [1.807, 2.05) is 0 Å². The van der Waals surface area contributed by atoms with Gasteiger partial charge in [-0.3, -0.25) is 19.8 Å². The Morgan fingerprint density at radius 1 is 0.968 bits per heavy atom. The van der Waals surface area contributed by atoms with E-state index in [-0.39, 0.29) is 23.9 Å². The topological polar surface area (TPSA) is 101 Å². The van der Waals surface area contributed by atoms with E-state index < -0.39 is 17.7 Å². The van der Waals surface area contributed by atoms with Crippen LogP contribution < -0.4 is 16.1 Å². The number of halogens is 3. The monoisotopic (exact) mass is 482 g/mol. The van der Waals surface area contributed by atoms with E-state index in [9.17, 15) is 14.4 Å². The average molecular weight is 484 g/mol. The first kappa shape index (κ1) is 22.9. The second kappa shape index (κ2) is 10.0. The predicted octanol–water partition coefficient (Wildman–Crippen LogP) is 3.69. The highest BCUT2D eigenvalue weighted by Crippen LogP contribution is 2.27. The molecule has 3 aromatic rings. The third-order valence-corrected chi connectivity index (χ3v) is 5.16. The fraction of sp³-hybridized carbons (Fsp3) is 0.150. The molecule has 8 nitrogen and oxygen atoms in total. The average Bonchev–Trinajstić information content (AvgIpc) is 3.08. The molecule has 3 N–H and O–H groups in total. The van der Waals surface area contributed by atoms with Crippen molar-refractivity contribution in [3.8, 4) is 0 Å². The number of nitrogens with one attached hydrogen (secondary N) is 3. The van der Waals surface area contributed by atoms with Gasteiger partial charge in [-0.2, -0.15) is 0 Å². The number of carbonyl (C=O) groups excluding carboxylic acids is 3. The molecule has 162 valence electrons.